The Hall–Kier alpha value is -3.00. The van der Waals surface area contributed by atoms with Gasteiger partial charge in [-0.3, -0.25) is 4.79 Å². The summed E-state index contributed by atoms with van der Waals surface area (Å²) >= 11 is 3.43. The zero-order chi connectivity index (χ0) is 20.3. The van der Waals surface area contributed by atoms with E-state index in [1.165, 1.54) is 7.11 Å². The predicted molar refractivity (Wildman–Crippen MR) is 109 cm³/mol. The lowest BCUT2D eigenvalue weighted by atomic mass is 9.95. The third-order valence-corrected chi connectivity index (χ3v) is 4.85. The minimum Gasteiger partial charge on any atom is -0.497 e. The van der Waals surface area contributed by atoms with Crippen LogP contribution in [0.3, 0.4) is 0 Å². The van der Waals surface area contributed by atoms with E-state index in [0.29, 0.717) is 28.5 Å². The largest absolute Gasteiger partial charge is 0.497 e. The van der Waals surface area contributed by atoms with E-state index in [2.05, 4.69) is 31.9 Å². The number of allylic oxidation sites excluding steroid dienone is 1. The first-order valence-corrected chi connectivity index (χ1v) is 9.29. The zero-order valence-corrected chi connectivity index (χ0v) is 17.2. The molecule has 28 heavy (non-hydrogen) atoms. The SMILES string of the molecule is COc1ccc(NC(=O)C2=C(C)NC(=O)N[C@H]2c2cccc(Br)c2)c(OC)c1. The number of carbonyl (C=O) groups is 2. The molecule has 1 aliphatic rings. The van der Waals surface area contributed by atoms with Crippen LogP contribution in [0, 0.1) is 0 Å². The highest BCUT2D eigenvalue weighted by atomic mass is 79.9. The Bertz CT molecular complexity index is 958. The zero-order valence-electron chi connectivity index (χ0n) is 15.6. The summed E-state index contributed by atoms with van der Waals surface area (Å²) in [5, 5.41) is 8.34. The molecular weight excluding hydrogens is 426 g/mol. The van der Waals surface area contributed by atoms with Crippen LogP contribution in [0.1, 0.15) is 18.5 Å². The lowest BCUT2D eigenvalue weighted by molar-refractivity contribution is -0.113. The van der Waals surface area contributed by atoms with Crippen molar-refractivity contribution in [2.45, 2.75) is 13.0 Å². The van der Waals surface area contributed by atoms with Crippen molar-refractivity contribution in [1.29, 1.82) is 0 Å². The molecule has 0 aromatic heterocycles. The standard InChI is InChI=1S/C20H20BrN3O4/c1-11-17(18(24-20(26)22-11)12-5-4-6-13(21)9-12)19(25)23-15-8-7-14(27-2)10-16(15)28-3/h4-10,18H,1-3H3,(H,23,25)(H2,22,24,26)/t18-/m0/s1. The van der Waals surface area contributed by atoms with Gasteiger partial charge in [-0.1, -0.05) is 28.1 Å². The molecule has 8 heteroatoms. The van der Waals surface area contributed by atoms with E-state index in [9.17, 15) is 9.59 Å². The Morgan fingerprint density at radius 2 is 1.93 bits per heavy atom. The summed E-state index contributed by atoms with van der Waals surface area (Å²) in [4.78, 5) is 25.1. The lowest BCUT2D eigenvalue weighted by Crippen LogP contribution is -2.46. The van der Waals surface area contributed by atoms with Gasteiger partial charge in [0.05, 0.1) is 31.5 Å². The molecule has 1 heterocycles. The second-order valence-electron chi connectivity index (χ2n) is 6.15. The predicted octanol–water partition coefficient (Wildman–Crippen LogP) is 3.73. The van der Waals surface area contributed by atoms with Gasteiger partial charge in [-0.2, -0.15) is 0 Å². The van der Waals surface area contributed by atoms with Crippen molar-refractivity contribution in [3.8, 4) is 11.5 Å². The Labute approximate surface area is 171 Å². The molecular formula is C20H20BrN3O4. The van der Waals surface area contributed by atoms with Gasteiger partial charge in [0, 0.05) is 16.2 Å². The topological polar surface area (TPSA) is 88.7 Å². The van der Waals surface area contributed by atoms with Crippen LogP contribution in [-0.2, 0) is 4.79 Å². The average molecular weight is 446 g/mol. The summed E-state index contributed by atoms with van der Waals surface area (Å²) in [6.07, 6.45) is 0. The number of nitrogens with one attached hydrogen (secondary N) is 3. The van der Waals surface area contributed by atoms with Crippen molar-refractivity contribution in [2.24, 2.45) is 0 Å². The van der Waals surface area contributed by atoms with E-state index >= 15 is 0 Å². The number of rotatable bonds is 5. The molecule has 0 saturated heterocycles. The quantitative estimate of drug-likeness (QED) is 0.653. The minimum atomic E-state index is -0.588. The molecule has 3 amide bonds. The number of hydrogen-bond donors (Lipinski definition) is 3. The number of urea groups is 1. The number of carbonyl (C=O) groups excluding carboxylic acids is 2. The fourth-order valence-electron chi connectivity index (χ4n) is 3.02. The van der Waals surface area contributed by atoms with Gasteiger partial charge in [0.25, 0.3) is 5.91 Å². The van der Waals surface area contributed by atoms with Crippen LogP contribution in [0.2, 0.25) is 0 Å². The van der Waals surface area contributed by atoms with Crippen LogP contribution in [0.15, 0.2) is 58.2 Å². The number of halogens is 1. The van der Waals surface area contributed by atoms with E-state index in [1.54, 1.807) is 32.2 Å². The third kappa shape index (κ3) is 4.12. The van der Waals surface area contributed by atoms with Crippen molar-refractivity contribution in [1.82, 2.24) is 10.6 Å². The van der Waals surface area contributed by atoms with E-state index in [0.717, 1.165) is 10.0 Å². The Morgan fingerprint density at radius 1 is 1.14 bits per heavy atom. The molecule has 7 nitrogen and oxygen atoms in total. The molecule has 2 aromatic carbocycles. The van der Waals surface area contributed by atoms with Gasteiger partial charge < -0.3 is 25.4 Å². The normalized spacial score (nSPS) is 16.1. The van der Waals surface area contributed by atoms with E-state index < -0.39 is 6.04 Å². The average Bonchev–Trinajstić information content (AvgIpc) is 2.67. The highest BCUT2D eigenvalue weighted by Crippen LogP contribution is 2.32. The Balaban J connectivity index is 1.96. The maximum absolute atomic E-state index is 13.1. The highest BCUT2D eigenvalue weighted by molar-refractivity contribution is 9.10. The van der Waals surface area contributed by atoms with Crippen molar-refractivity contribution < 1.29 is 19.1 Å². The number of anilines is 1. The molecule has 3 rings (SSSR count). The lowest BCUT2D eigenvalue weighted by Gasteiger charge is -2.29. The number of amides is 3. The highest BCUT2D eigenvalue weighted by Gasteiger charge is 2.31. The van der Waals surface area contributed by atoms with Gasteiger partial charge in [-0.25, -0.2) is 4.79 Å². The van der Waals surface area contributed by atoms with Crippen molar-refractivity contribution in [3.05, 3.63) is 63.8 Å². The minimum absolute atomic E-state index is 0.349. The van der Waals surface area contributed by atoms with Crippen LogP contribution in [-0.4, -0.2) is 26.2 Å². The van der Waals surface area contributed by atoms with Crippen molar-refractivity contribution >= 4 is 33.6 Å². The van der Waals surface area contributed by atoms with Gasteiger partial charge in [0.2, 0.25) is 0 Å². The number of ether oxygens (including phenoxy) is 2. The third-order valence-electron chi connectivity index (χ3n) is 4.35. The Kier molecular flexibility index (Phi) is 5.89. The van der Waals surface area contributed by atoms with Gasteiger partial charge in [0.1, 0.15) is 11.5 Å². The van der Waals surface area contributed by atoms with E-state index in [1.807, 2.05) is 24.3 Å². The molecule has 0 saturated carbocycles. The van der Waals surface area contributed by atoms with Crippen molar-refractivity contribution in [2.75, 3.05) is 19.5 Å². The molecule has 0 radical (unpaired) electrons. The molecule has 0 fully saturated rings. The molecule has 0 unspecified atom stereocenters. The molecule has 2 aromatic rings. The summed E-state index contributed by atoms with van der Waals surface area (Å²) in [6, 6.07) is 11.6. The first kappa shape index (κ1) is 19.8. The molecule has 0 spiro atoms. The molecule has 0 bridgehead atoms. The van der Waals surface area contributed by atoms with Gasteiger partial charge >= 0.3 is 6.03 Å². The summed E-state index contributed by atoms with van der Waals surface area (Å²) in [5.74, 6) is 0.736. The van der Waals surface area contributed by atoms with E-state index in [-0.39, 0.29) is 11.9 Å². The summed E-state index contributed by atoms with van der Waals surface area (Å²) < 4.78 is 11.4. The summed E-state index contributed by atoms with van der Waals surface area (Å²) in [7, 11) is 3.07. The monoisotopic (exact) mass is 445 g/mol. The fourth-order valence-corrected chi connectivity index (χ4v) is 3.44. The van der Waals surface area contributed by atoms with E-state index in [4.69, 9.17) is 9.47 Å². The molecule has 0 aliphatic carbocycles. The molecule has 146 valence electrons. The maximum Gasteiger partial charge on any atom is 0.319 e. The summed E-state index contributed by atoms with van der Waals surface area (Å²) in [5.41, 5.74) is 2.18. The molecule has 1 aliphatic heterocycles. The van der Waals surface area contributed by atoms with Crippen LogP contribution in [0.5, 0.6) is 11.5 Å². The first-order valence-electron chi connectivity index (χ1n) is 8.50. The number of methoxy groups -OCH3 is 2. The fraction of sp³-hybridized carbons (Fsp3) is 0.200. The second kappa shape index (κ2) is 8.35. The van der Waals surface area contributed by atoms with Gasteiger partial charge in [-0.05, 0) is 36.8 Å². The molecule has 3 N–H and O–H groups in total. The number of hydrogen-bond acceptors (Lipinski definition) is 4. The maximum atomic E-state index is 13.1. The smallest absolute Gasteiger partial charge is 0.319 e. The second-order valence-corrected chi connectivity index (χ2v) is 7.06. The summed E-state index contributed by atoms with van der Waals surface area (Å²) in [6.45, 7) is 1.70. The number of benzene rings is 2. The van der Waals surface area contributed by atoms with Gasteiger partial charge in [-0.15, -0.1) is 0 Å². The van der Waals surface area contributed by atoms with Crippen LogP contribution in [0.4, 0.5) is 10.5 Å². The Morgan fingerprint density at radius 3 is 2.61 bits per heavy atom. The van der Waals surface area contributed by atoms with Crippen LogP contribution in [0.25, 0.3) is 0 Å². The van der Waals surface area contributed by atoms with Crippen LogP contribution >= 0.6 is 15.9 Å². The first-order chi connectivity index (χ1) is 13.4. The van der Waals surface area contributed by atoms with Gasteiger partial charge in [0.15, 0.2) is 0 Å². The molecule has 1 atom stereocenters. The van der Waals surface area contributed by atoms with Crippen molar-refractivity contribution in [3.63, 3.8) is 0 Å². The van der Waals surface area contributed by atoms with Crippen LogP contribution < -0.4 is 25.4 Å².